The summed E-state index contributed by atoms with van der Waals surface area (Å²) >= 11 is -1.81. The predicted molar refractivity (Wildman–Crippen MR) is 129 cm³/mol. The molecule has 0 fully saturated rings. The Labute approximate surface area is 188 Å². The molecule has 0 aromatic carbocycles. The summed E-state index contributed by atoms with van der Waals surface area (Å²) in [5.74, 6) is 0. The molecule has 0 aromatic heterocycles. The van der Waals surface area contributed by atoms with Crippen LogP contribution in [0.2, 0.25) is 32.5 Å². The van der Waals surface area contributed by atoms with Crippen molar-refractivity contribution in [1.29, 1.82) is 0 Å². The van der Waals surface area contributed by atoms with Crippen LogP contribution in [0.15, 0.2) is 0 Å². The van der Waals surface area contributed by atoms with Gasteiger partial charge in [0.05, 0.1) is 0 Å². The summed E-state index contributed by atoms with van der Waals surface area (Å²) in [5, 5.41) is 0. The van der Waals surface area contributed by atoms with Crippen LogP contribution in [0.1, 0.15) is 96.9 Å². The Bertz CT molecular complexity index is 194. The zero-order valence-electron chi connectivity index (χ0n) is 20.4. The summed E-state index contributed by atoms with van der Waals surface area (Å²) in [4.78, 5) is 0. The van der Waals surface area contributed by atoms with Crippen molar-refractivity contribution in [2.45, 2.75) is 129 Å². The van der Waals surface area contributed by atoms with E-state index in [1.54, 1.807) is 0 Å². The quantitative estimate of drug-likeness (QED) is 0.226. The van der Waals surface area contributed by atoms with E-state index in [9.17, 15) is 0 Å². The van der Waals surface area contributed by atoms with Crippen LogP contribution in [0, 0.1) is 0 Å². The van der Waals surface area contributed by atoms with E-state index in [0.717, 1.165) is 23.6 Å². The van der Waals surface area contributed by atoms with Crippen molar-refractivity contribution in [2.75, 3.05) is 0 Å². The Morgan fingerprint density at radius 1 is 0.440 bits per heavy atom. The molecule has 0 amide bonds. The summed E-state index contributed by atoms with van der Waals surface area (Å²) in [6, 6.07) is 0. The minimum absolute atomic E-state index is 0.218. The molecule has 0 atom stereocenters. The van der Waals surface area contributed by atoms with Crippen LogP contribution in [-0.4, -0.2) is 60.7 Å². The Balaban J connectivity index is -0.000000308. The van der Waals surface area contributed by atoms with Crippen molar-refractivity contribution in [3.8, 4) is 0 Å². The fourth-order valence-corrected chi connectivity index (χ4v) is 28.5. The molecule has 0 aliphatic rings. The molecule has 152 valence electrons. The van der Waals surface area contributed by atoms with Crippen LogP contribution in [0.25, 0.3) is 0 Å². The molecule has 25 heavy (non-hydrogen) atoms. The Morgan fingerprint density at radius 3 is 0.600 bits per heavy atom. The van der Waals surface area contributed by atoms with E-state index in [1.165, 1.54) is 8.87 Å². The molecule has 3 heteroatoms. The van der Waals surface area contributed by atoms with Crippen LogP contribution >= 0.6 is 0 Å². The molecule has 0 heterocycles. The first-order chi connectivity index (χ1) is 11.3. The van der Waals surface area contributed by atoms with Crippen LogP contribution in [0.4, 0.5) is 0 Å². The molecule has 0 spiro atoms. The summed E-state index contributed by atoms with van der Waals surface area (Å²) in [7, 11) is 0. The van der Waals surface area contributed by atoms with Crippen molar-refractivity contribution in [2.24, 2.45) is 0 Å². The second-order valence-electron chi connectivity index (χ2n) is 8.89. The third kappa shape index (κ3) is 19.5. The minimum atomic E-state index is -1.01. The standard InChI is InChI=1S/6C3H7.2C2H5.3Sn/c6*1-3-2;2*1-2;;;/h6*3H,1-2H3;2*1H2,2H3;;;. The van der Waals surface area contributed by atoms with Crippen LogP contribution in [0.3, 0.4) is 0 Å². The van der Waals surface area contributed by atoms with E-state index < -0.39 is 39.5 Å². The van der Waals surface area contributed by atoms with E-state index in [4.69, 9.17) is 0 Å². The third-order valence-electron chi connectivity index (χ3n) is 4.50. The molecule has 4 radical (unpaired) electrons. The van der Waals surface area contributed by atoms with Gasteiger partial charge in [-0.25, -0.2) is 0 Å². The van der Waals surface area contributed by atoms with E-state index in [2.05, 4.69) is 96.9 Å². The first-order valence-corrected chi connectivity index (χ1v) is 24.7. The zero-order chi connectivity index (χ0) is 20.7. The molecular formula is C22H52Sn3. The van der Waals surface area contributed by atoms with E-state index in [-0.39, 0.29) is 21.1 Å². The van der Waals surface area contributed by atoms with Crippen molar-refractivity contribution in [1.82, 2.24) is 0 Å². The van der Waals surface area contributed by atoms with E-state index in [0.29, 0.717) is 0 Å². The molecule has 0 N–H and O–H groups in total. The van der Waals surface area contributed by atoms with Crippen LogP contribution < -0.4 is 0 Å². The van der Waals surface area contributed by atoms with Gasteiger partial charge in [-0.1, -0.05) is 0 Å². The van der Waals surface area contributed by atoms with Gasteiger partial charge in [0.1, 0.15) is 0 Å². The van der Waals surface area contributed by atoms with Crippen molar-refractivity contribution >= 4 is 60.7 Å². The van der Waals surface area contributed by atoms with Gasteiger partial charge in [0, 0.05) is 0 Å². The second kappa shape index (κ2) is 19.7. The molecule has 0 aliphatic heterocycles. The fraction of sp³-hybridized carbons (Fsp3) is 1.00. The Kier molecular flexibility index (Phi) is 25.3. The normalized spacial score (nSPS) is 11.8. The maximum atomic E-state index is 2.41. The van der Waals surface area contributed by atoms with Crippen LogP contribution in [0.5, 0.6) is 0 Å². The first-order valence-electron chi connectivity index (χ1n) is 10.8. The zero-order valence-corrected chi connectivity index (χ0v) is 28.9. The van der Waals surface area contributed by atoms with Crippen LogP contribution in [-0.2, 0) is 0 Å². The third-order valence-corrected chi connectivity index (χ3v) is 30.2. The average molecular weight is 673 g/mol. The van der Waals surface area contributed by atoms with Gasteiger partial charge in [-0.15, -0.1) is 0 Å². The number of hydrogen-bond donors (Lipinski definition) is 0. The molecule has 0 aliphatic carbocycles. The van der Waals surface area contributed by atoms with Gasteiger partial charge in [-0.2, -0.15) is 0 Å². The van der Waals surface area contributed by atoms with Gasteiger partial charge in [-0.05, 0) is 0 Å². The van der Waals surface area contributed by atoms with Crippen molar-refractivity contribution in [3.05, 3.63) is 0 Å². The van der Waals surface area contributed by atoms with Gasteiger partial charge in [-0.3, -0.25) is 0 Å². The average Bonchev–Trinajstić information content (AvgIpc) is 2.37. The predicted octanol–water partition coefficient (Wildman–Crippen LogP) is 8.99. The molecule has 0 bridgehead atoms. The molecule has 0 aromatic rings. The SMILES string of the molecule is C[CH2][Sn][CH2]C.C[CH](C)[Sn]([CH](C)C)[CH](C)C.C[CH](C)[Sn]([CH](C)C)[CH](C)C. The summed E-state index contributed by atoms with van der Waals surface area (Å²) < 4.78 is 9.21. The molecule has 0 nitrogen and oxygen atoms in total. The van der Waals surface area contributed by atoms with Gasteiger partial charge in [0.2, 0.25) is 0 Å². The van der Waals surface area contributed by atoms with Crippen molar-refractivity contribution < 1.29 is 0 Å². The second-order valence-corrected chi connectivity index (χ2v) is 39.8. The maximum absolute atomic E-state index is 2.41. The van der Waals surface area contributed by atoms with Crippen molar-refractivity contribution in [3.63, 3.8) is 0 Å². The number of rotatable bonds is 8. The number of hydrogen-bond acceptors (Lipinski definition) is 0. The molecule has 0 rings (SSSR count). The molecule has 0 unspecified atom stereocenters. The summed E-state index contributed by atoms with van der Waals surface area (Å²) in [6.07, 6.45) is 0. The van der Waals surface area contributed by atoms with E-state index in [1.807, 2.05) is 0 Å². The van der Waals surface area contributed by atoms with Gasteiger partial charge in [0.25, 0.3) is 0 Å². The fourth-order valence-electron chi connectivity index (χ4n) is 4.25. The topological polar surface area (TPSA) is 0 Å². The molecule has 0 saturated carbocycles. The first kappa shape index (κ1) is 32.1. The van der Waals surface area contributed by atoms with Gasteiger partial charge >= 0.3 is 190 Å². The monoisotopic (exact) mass is 676 g/mol. The molecular weight excluding hydrogens is 620 g/mol. The summed E-state index contributed by atoms with van der Waals surface area (Å²) in [5.41, 5.74) is 0. The van der Waals surface area contributed by atoms with Gasteiger partial charge < -0.3 is 0 Å². The van der Waals surface area contributed by atoms with E-state index >= 15 is 0 Å². The summed E-state index contributed by atoms with van der Waals surface area (Å²) in [6.45, 7) is 33.5. The molecule has 0 saturated heterocycles. The Hall–Kier alpha value is 2.40. The van der Waals surface area contributed by atoms with Gasteiger partial charge in [0.15, 0.2) is 0 Å². The Morgan fingerprint density at radius 2 is 0.600 bits per heavy atom.